The Morgan fingerprint density at radius 1 is 0.172 bits per heavy atom. The maximum Gasteiger partial charge on any atom is 2.00 e. The van der Waals surface area contributed by atoms with Gasteiger partial charge in [-0.25, -0.2) is 0 Å². The summed E-state index contributed by atoms with van der Waals surface area (Å²) >= 11 is 0. The van der Waals surface area contributed by atoms with Crippen molar-refractivity contribution >= 4 is 84.7 Å². The molecule has 0 fully saturated rings. The second kappa shape index (κ2) is 102. The molecule has 0 amide bonds. The Kier molecular flexibility index (Phi) is 124. The first kappa shape index (κ1) is 106. The van der Waals surface area contributed by atoms with Crippen LogP contribution in [0.1, 0.15) is 427 Å². The second-order valence-corrected chi connectivity index (χ2v) is 23.7. The molecule has 0 aromatic carbocycles. The van der Waals surface area contributed by atoms with Crippen LogP contribution in [0.5, 0.6) is 0 Å². The minimum absolute atomic E-state index is 0. The number of carbonyl (C=O) groups excluding carboxylic acids is 6. The van der Waals surface area contributed by atoms with E-state index in [2.05, 4.69) is 41.5 Å². The monoisotopic (exact) mass is 1510 g/mol. The predicted octanol–water partition coefficient (Wildman–Crippen LogP) is 15.6. The molecular weight excluding hydrogens is 1370 g/mol. The molecule has 87 heavy (non-hydrogen) atoms. The van der Waals surface area contributed by atoms with E-state index >= 15 is 0 Å². The summed E-state index contributed by atoms with van der Waals surface area (Å²) in [5.74, 6) is -5.46. The maximum atomic E-state index is 10.1. The number of rotatable bonds is 60. The molecule has 0 radical (unpaired) electrons. The Morgan fingerprint density at radius 2 is 0.241 bits per heavy atom. The Labute approximate surface area is 611 Å². The zero-order chi connectivity index (χ0) is 63.9. The van der Waals surface area contributed by atoms with Crippen LogP contribution in [0.3, 0.4) is 0 Å². The summed E-state index contributed by atoms with van der Waals surface area (Å²) in [7, 11) is 0. The van der Waals surface area contributed by atoms with Crippen LogP contribution in [0.25, 0.3) is 0 Å². The zero-order valence-electron chi connectivity index (χ0n) is 58.4. The smallest absolute Gasteiger partial charge is 0.550 e. The topological polar surface area (TPSA) is 241 Å². The average Bonchev–Trinajstić information content (AvgIpc) is 3.45. The van der Waals surface area contributed by atoms with E-state index in [1.165, 1.54) is 270 Å². The number of hydrogen-bond acceptors (Lipinski definition) is 12. The summed E-state index contributed by atoms with van der Waals surface area (Å²) in [6.45, 7) is 13.3. The number of carbonyl (C=O) groups is 6. The normalized spacial score (nSPS) is 10.0. The second-order valence-electron chi connectivity index (χ2n) is 23.7. The van der Waals surface area contributed by atoms with Crippen molar-refractivity contribution in [2.24, 2.45) is 0 Å². The van der Waals surface area contributed by atoms with E-state index in [0.717, 1.165) is 77.0 Å². The van der Waals surface area contributed by atoms with Crippen molar-refractivity contribution in [2.45, 2.75) is 427 Å². The molecule has 0 bridgehead atoms. The number of aliphatic carboxylic acids is 6. The molecule has 0 N–H and O–H groups in total. The summed E-state index contributed by atoms with van der Waals surface area (Å²) in [6.07, 6.45) is 67.0. The number of hydrogen-bond donors (Lipinski definition) is 0. The minimum Gasteiger partial charge on any atom is -0.550 e. The van der Waals surface area contributed by atoms with Crippen molar-refractivity contribution in [1.29, 1.82) is 0 Å². The van der Waals surface area contributed by atoms with Crippen molar-refractivity contribution in [3.05, 3.63) is 0 Å². The standard InChI is InChI=1S/6C12H24O2.Ba.Cd.Zn/c6*1-2-3-4-5-6-7-8-9-10-11-12(13)14;;;/h6*2-11H2,1H3,(H,13,14);;;/q;;;;;;3*+2/p-6. The van der Waals surface area contributed by atoms with Crippen LogP contribution in [0.2, 0.25) is 0 Å². The third-order valence-corrected chi connectivity index (χ3v) is 14.9. The fraction of sp³-hybridized carbons (Fsp3) is 0.917. The first-order valence-corrected chi connectivity index (χ1v) is 35.8. The number of carboxylic acids is 6. The van der Waals surface area contributed by atoms with E-state index < -0.39 is 35.8 Å². The molecule has 504 valence electrons. The molecule has 0 spiro atoms. The molecular formula is C72H138BaCdO12Zn. The van der Waals surface area contributed by atoms with Crippen molar-refractivity contribution in [3.8, 4) is 0 Å². The van der Waals surface area contributed by atoms with Gasteiger partial charge in [0.1, 0.15) is 0 Å². The van der Waals surface area contributed by atoms with E-state index in [1.54, 1.807) is 0 Å². The van der Waals surface area contributed by atoms with Gasteiger partial charge in [-0.1, -0.05) is 350 Å². The molecule has 0 saturated carbocycles. The van der Waals surface area contributed by atoms with E-state index in [4.69, 9.17) is 0 Å². The van der Waals surface area contributed by atoms with E-state index in [0.29, 0.717) is 0 Å². The molecule has 0 heterocycles. The summed E-state index contributed by atoms with van der Waals surface area (Å²) < 4.78 is 0. The molecule has 0 aliphatic heterocycles. The van der Waals surface area contributed by atoms with E-state index in [9.17, 15) is 59.4 Å². The first-order valence-electron chi connectivity index (χ1n) is 35.8. The zero-order valence-corrected chi connectivity index (χ0v) is 69.9. The van der Waals surface area contributed by atoms with E-state index in [-0.39, 0.29) is 134 Å². The fourth-order valence-electron chi connectivity index (χ4n) is 9.48. The van der Waals surface area contributed by atoms with Crippen LogP contribution in [0.15, 0.2) is 0 Å². The molecule has 0 atom stereocenters. The largest absolute Gasteiger partial charge is 2.00 e. The van der Waals surface area contributed by atoms with Crippen LogP contribution in [0, 0.1) is 0 Å². The van der Waals surface area contributed by atoms with Crippen molar-refractivity contribution in [2.75, 3.05) is 0 Å². The van der Waals surface area contributed by atoms with Gasteiger partial charge in [0.05, 0.1) is 0 Å². The average molecular weight is 1510 g/mol. The van der Waals surface area contributed by atoms with Crippen molar-refractivity contribution < 1.29 is 106 Å². The maximum absolute atomic E-state index is 10.1. The summed E-state index contributed by atoms with van der Waals surface area (Å²) in [5, 5.41) is 60.6. The summed E-state index contributed by atoms with van der Waals surface area (Å²) in [4.78, 5) is 60.6. The molecule has 0 aromatic rings. The molecule has 0 unspecified atom stereocenters. The van der Waals surface area contributed by atoms with Crippen LogP contribution in [-0.4, -0.2) is 84.7 Å². The molecule has 0 saturated heterocycles. The molecule has 0 aliphatic carbocycles. The molecule has 12 nitrogen and oxygen atoms in total. The molecule has 0 aromatic heterocycles. The predicted molar refractivity (Wildman–Crippen MR) is 347 cm³/mol. The van der Waals surface area contributed by atoms with Gasteiger partial charge in [0, 0.05) is 35.8 Å². The van der Waals surface area contributed by atoms with Crippen molar-refractivity contribution in [1.82, 2.24) is 0 Å². The Balaban J connectivity index is -0.000000119. The Morgan fingerprint density at radius 3 is 0.310 bits per heavy atom. The van der Waals surface area contributed by atoms with Gasteiger partial charge in [0.2, 0.25) is 0 Å². The fourth-order valence-corrected chi connectivity index (χ4v) is 9.48. The quantitative estimate of drug-likeness (QED) is 0.0408. The van der Waals surface area contributed by atoms with Crippen LogP contribution >= 0.6 is 0 Å². The minimum atomic E-state index is -0.909. The Bertz CT molecular complexity index is 1070. The van der Waals surface area contributed by atoms with Gasteiger partial charge in [-0.2, -0.15) is 0 Å². The summed E-state index contributed by atoms with van der Waals surface area (Å²) in [6, 6.07) is 0. The first-order chi connectivity index (χ1) is 40.6. The van der Waals surface area contributed by atoms with Crippen LogP contribution in [0.4, 0.5) is 0 Å². The van der Waals surface area contributed by atoms with Gasteiger partial charge in [0.25, 0.3) is 0 Å². The number of unbranched alkanes of at least 4 members (excludes halogenated alkanes) is 48. The molecule has 0 aliphatic rings. The third kappa shape index (κ3) is 139. The number of carboxylic acid groups (broad SMARTS) is 6. The third-order valence-electron chi connectivity index (χ3n) is 14.9. The summed E-state index contributed by atoms with van der Waals surface area (Å²) in [5.41, 5.74) is 0. The van der Waals surface area contributed by atoms with Crippen molar-refractivity contribution in [3.63, 3.8) is 0 Å². The van der Waals surface area contributed by atoms with E-state index in [1.807, 2.05) is 0 Å². The Hall–Kier alpha value is -0.0631. The molecule has 0 rings (SSSR count). The SMILES string of the molecule is CCCCCCCCCCCC(=O)[O-].CCCCCCCCCCCC(=O)[O-].CCCCCCCCCCCC(=O)[O-].CCCCCCCCCCCC(=O)[O-].CCCCCCCCCCCC(=O)[O-].CCCCCCCCCCCC(=O)[O-].[Ba+2].[Cd+2].[Zn+2]. The van der Waals surface area contributed by atoms with Crippen LogP contribution < -0.4 is 30.6 Å². The van der Waals surface area contributed by atoms with Gasteiger partial charge in [-0.3, -0.25) is 0 Å². The van der Waals surface area contributed by atoms with Gasteiger partial charge in [-0.15, -0.1) is 0 Å². The van der Waals surface area contributed by atoms with Gasteiger partial charge in [0.15, 0.2) is 0 Å². The van der Waals surface area contributed by atoms with Crippen LogP contribution in [-0.2, 0) is 75.5 Å². The van der Waals surface area contributed by atoms with Gasteiger partial charge < -0.3 is 59.4 Å². The molecule has 15 heteroatoms. The van der Waals surface area contributed by atoms with Gasteiger partial charge >= 0.3 is 95.7 Å². The van der Waals surface area contributed by atoms with Gasteiger partial charge in [-0.05, 0) is 77.0 Å².